The summed E-state index contributed by atoms with van der Waals surface area (Å²) in [5.74, 6) is 2.62. The summed E-state index contributed by atoms with van der Waals surface area (Å²) in [6, 6.07) is 0. The summed E-state index contributed by atoms with van der Waals surface area (Å²) in [5, 5.41) is 0.110. The molecular formula is C20H28O2S. The minimum absolute atomic E-state index is 0.110. The number of fused-ring (bicyclic) bond motifs is 5. The van der Waals surface area contributed by atoms with Gasteiger partial charge in [0, 0.05) is 12.3 Å². The molecule has 23 heavy (non-hydrogen) atoms. The van der Waals surface area contributed by atoms with Crippen LogP contribution in [0.1, 0.15) is 65.2 Å². The summed E-state index contributed by atoms with van der Waals surface area (Å²) in [6.07, 6.45) is 10.7. The molecule has 3 fully saturated rings. The summed E-state index contributed by atoms with van der Waals surface area (Å²) < 4.78 is 0. The van der Waals surface area contributed by atoms with Gasteiger partial charge in [0.25, 0.3) is 0 Å². The van der Waals surface area contributed by atoms with Crippen LogP contribution in [0.5, 0.6) is 0 Å². The van der Waals surface area contributed by atoms with Gasteiger partial charge in [-0.25, -0.2) is 0 Å². The van der Waals surface area contributed by atoms with Gasteiger partial charge in [-0.3, -0.25) is 9.59 Å². The Bertz CT molecular complexity index is 594. The SMILES string of the molecule is C[C@]12CC[C@H]3[C@@H](CCC4=CC(=O)CC[C@@]43C)[C@@H]1CC[C@@H]2C(=O)S. The van der Waals surface area contributed by atoms with Crippen molar-refractivity contribution in [2.75, 3.05) is 0 Å². The second-order valence-corrected chi connectivity index (χ2v) is 9.42. The van der Waals surface area contributed by atoms with Crippen molar-refractivity contribution in [3.63, 3.8) is 0 Å². The maximum Gasteiger partial charge on any atom is 0.189 e. The zero-order valence-corrected chi connectivity index (χ0v) is 15.2. The van der Waals surface area contributed by atoms with E-state index in [4.69, 9.17) is 0 Å². The fourth-order valence-electron chi connectivity index (χ4n) is 6.97. The van der Waals surface area contributed by atoms with Crippen LogP contribution in [0.2, 0.25) is 0 Å². The summed E-state index contributed by atoms with van der Waals surface area (Å²) in [6.45, 7) is 4.78. The standard InChI is InChI=1S/C20H28O2S/c1-19-9-7-13(21)11-12(19)3-4-14-15-5-6-17(18(22)23)20(15,2)10-8-16(14)19/h11,14-17H,3-10H2,1-2H3,(H,22,23)/t14-,15-,16-,17+,19-,20-/m0/s1. The van der Waals surface area contributed by atoms with E-state index in [0.29, 0.717) is 17.6 Å². The predicted octanol–water partition coefficient (Wildman–Crippen LogP) is 4.59. The Morgan fingerprint density at radius 1 is 1.09 bits per heavy atom. The van der Waals surface area contributed by atoms with Gasteiger partial charge in [-0.2, -0.15) is 0 Å². The number of hydrogen-bond acceptors (Lipinski definition) is 2. The molecule has 3 saturated carbocycles. The number of hydrogen-bond donors (Lipinski definition) is 1. The van der Waals surface area contributed by atoms with Crippen molar-refractivity contribution >= 4 is 23.5 Å². The first-order valence-corrected chi connectivity index (χ1v) is 9.77. The molecule has 0 amide bonds. The third kappa shape index (κ3) is 2.14. The monoisotopic (exact) mass is 332 g/mol. The average molecular weight is 333 g/mol. The topological polar surface area (TPSA) is 34.1 Å². The normalized spacial score (nSPS) is 49.0. The van der Waals surface area contributed by atoms with Gasteiger partial charge in [0.1, 0.15) is 0 Å². The van der Waals surface area contributed by atoms with E-state index in [-0.39, 0.29) is 21.9 Å². The molecule has 6 atom stereocenters. The van der Waals surface area contributed by atoms with Crippen molar-refractivity contribution in [1.29, 1.82) is 0 Å². The first kappa shape index (κ1) is 15.9. The van der Waals surface area contributed by atoms with Crippen molar-refractivity contribution in [3.05, 3.63) is 11.6 Å². The van der Waals surface area contributed by atoms with E-state index in [0.717, 1.165) is 38.0 Å². The lowest BCUT2D eigenvalue weighted by atomic mass is 9.47. The van der Waals surface area contributed by atoms with Crippen LogP contribution < -0.4 is 0 Å². The molecule has 126 valence electrons. The van der Waals surface area contributed by atoms with Gasteiger partial charge >= 0.3 is 0 Å². The van der Waals surface area contributed by atoms with Crippen LogP contribution in [0.15, 0.2) is 11.6 Å². The molecule has 0 saturated heterocycles. The number of allylic oxidation sites excluding steroid dienone is 1. The minimum Gasteiger partial charge on any atom is -0.295 e. The maximum atomic E-state index is 12.0. The second-order valence-electron chi connectivity index (χ2n) is 8.98. The van der Waals surface area contributed by atoms with E-state index >= 15 is 0 Å². The lowest BCUT2D eigenvalue weighted by Crippen LogP contribution is -2.50. The highest BCUT2D eigenvalue weighted by Crippen LogP contribution is 2.66. The van der Waals surface area contributed by atoms with Crippen LogP contribution >= 0.6 is 12.6 Å². The van der Waals surface area contributed by atoms with Crippen LogP contribution in [0.3, 0.4) is 0 Å². The Kier molecular flexibility index (Phi) is 3.61. The lowest BCUT2D eigenvalue weighted by Gasteiger charge is -2.58. The Balaban J connectivity index is 1.67. The highest BCUT2D eigenvalue weighted by Gasteiger charge is 2.59. The van der Waals surface area contributed by atoms with Crippen LogP contribution in [0.4, 0.5) is 0 Å². The molecule has 2 nitrogen and oxygen atoms in total. The molecule has 4 aliphatic rings. The van der Waals surface area contributed by atoms with Gasteiger partial charge in [-0.1, -0.05) is 19.4 Å². The Hall–Kier alpha value is -0.570. The van der Waals surface area contributed by atoms with E-state index in [2.05, 4.69) is 26.5 Å². The summed E-state index contributed by atoms with van der Waals surface area (Å²) in [5.41, 5.74) is 1.84. The number of ketones is 1. The third-order valence-electron chi connectivity index (χ3n) is 8.26. The molecule has 0 aromatic rings. The smallest absolute Gasteiger partial charge is 0.189 e. The van der Waals surface area contributed by atoms with E-state index in [1.807, 2.05) is 6.08 Å². The molecule has 0 N–H and O–H groups in total. The van der Waals surface area contributed by atoms with Gasteiger partial charge in [0.15, 0.2) is 10.9 Å². The van der Waals surface area contributed by atoms with Gasteiger partial charge in [0.2, 0.25) is 0 Å². The van der Waals surface area contributed by atoms with Crippen molar-refractivity contribution in [3.8, 4) is 0 Å². The van der Waals surface area contributed by atoms with E-state index in [1.54, 1.807) is 0 Å². The minimum atomic E-state index is 0.110. The quantitative estimate of drug-likeness (QED) is 0.713. The largest absolute Gasteiger partial charge is 0.295 e. The molecule has 0 radical (unpaired) electrons. The van der Waals surface area contributed by atoms with Gasteiger partial charge in [-0.05, 0) is 79.6 Å². The van der Waals surface area contributed by atoms with Crippen molar-refractivity contribution < 1.29 is 9.59 Å². The fourth-order valence-corrected chi connectivity index (χ4v) is 7.39. The molecule has 0 spiro atoms. The molecule has 4 rings (SSSR count). The van der Waals surface area contributed by atoms with Crippen molar-refractivity contribution in [2.45, 2.75) is 65.2 Å². The van der Waals surface area contributed by atoms with Gasteiger partial charge in [-0.15, -0.1) is 12.6 Å². The summed E-state index contributed by atoms with van der Waals surface area (Å²) in [4.78, 5) is 23.9. The Morgan fingerprint density at radius 3 is 2.61 bits per heavy atom. The number of rotatable bonds is 1. The Labute approximate surface area is 144 Å². The molecular weight excluding hydrogens is 304 g/mol. The van der Waals surface area contributed by atoms with E-state index in [9.17, 15) is 9.59 Å². The van der Waals surface area contributed by atoms with Crippen molar-refractivity contribution in [1.82, 2.24) is 0 Å². The Morgan fingerprint density at radius 2 is 1.87 bits per heavy atom. The molecule has 0 heterocycles. The van der Waals surface area contributed by atoms with Crippen LogP contribution in [-0.2, 0) is 9.59 Å². The van der Waals surface area contributed by atoms with Gasteiger partial charge < -0.3 is 0 Å². The van der Waals surface area contributed by atoms with Crippen molar-refractivity contribution in [2.24, 2.45) is 34.5 Å². The molecule has 3 heteroatoms. The van der Waals surface area contributed by atoms with Crippen LogP contribution in [0, 0.1) is 34.5 Å². The maximum absolute atomic E-state index is 12.0. The summed E-state index contributed by atoms with van der Waals surface area (Å²) in [7, 11) is 0. The first-order chi connectivity index (χ1) is 10.9. The van der Waals surface area contributed by atoms with Gasteiger partial charge in [0.05, 0.1) is 0 Å². The lowest BCUT2D eigenvalue weighted by molar-refractivity contribution is -0.122. The molecule has 0 aliphatic heterocycles. The first-order valence-electron chi connectivity index (χ1n) is 9.33. The third-order valence-corrected chi connectivity index (χ3v) is 8.57. The van der Waals surface area contributed by atoms with E-state index < -0.39 is 0 Å². The second kappa shape index (κ2) is 5.21. The highest BCUT2D eigenvalue weighted by molar-refractivity contribution is 7.96. The predicted molar refractivity (Wildman–Crippen MR) is 94.2 cm³/mol. The number of carbonyl (C=O) groups excluding carboxylic acids is 2. The molecule has 0 bridgehead atoms. The summed E-state index contributed by atoms with van der Waals surface area (Å²) >= 11 is 4.20. The highest BCUT2D eigenvalue weighted by atomic mass is 32.1. The van der Waals surface area contributed by atoms with Crippen LogP contribution in [0.25, 0.3) is 0 Å². The number of thiol groups is 1. The molecule has 0 aromatic carbocycles. The molecule has 0 aromatic heterocycles. The molecule has 0 unspecified atom stereocenters. The van der Waals surface area contributed by atoms with Crippen LogP contribution in [-0.4, -0.2) is 10.9 Å². The molecule has 4 aliphatic carbocycles. The number of carbonyl (C=O) groups is 2. The zero-order valence-electron chi connectivity index (χ0n) is 14.3. The average Bonchev–Trinajstić information content (AvgIpc) is 2.85. The fraction of sp³-hybridized carbons (Fsp3) is 0.800. The van der Waals surface area contributed by atoms with E-state index in [1.165, 1.54) is 24.8 Å². The zero-order chi connectivity index (χ0) is 16.4.